The first-order valence-corrected chi connectivity index (χ1v) is 11.8. The molecule has 5 rings (SSSR count). The number of amides is 1. The average molecular weight is 499 g/mol. The normalized spacial score (nSPS) is 20.2. The van der Waals surface area contributed by atoms with Gasteiger partial charge in [-0.05, 0) is 83.6 Å². The molecule has 1 aliphatic carbocycles. The van der Waals surface area contributed by atoms with Gasteiger partial charge in [-0.25, -0.2) is 0 Å². The predicted octanol–water partition coefficient (Wildman–Crippen LogP) is 4.08. The molecule has 2 fully saturated rings. The van der Waals surface area contributed by atoms with Crippen molar-refractivity contribution in [1.29, 1.82) is 0 Å². The molecule has 0 radical (unpaired) electrons. The Labute approximate surface area is 196 Å². The highest BCUT2D eigenvalue weighted by Crippen LogP contribution is 2.40. The standard InChI is InChI=1S/C25H27BrN2O4/c1-25(30)15-27(16-25)12-13-31-22-9-6-19(14-21(22)26)28-11-10-23(24(28)29)32-20-7-4-18(5-8-20)17-2-3-17/h4-10,14,17,30H,2-3,11-13,15-16H2,1H3. The van der Waals surface area contributed by atoms with Crippen LogP contribution in [-0.4, -0.2) is 54.3 Å². The topological polar surface area (TPSA) is 62.2 Å². The molecule has 6 nitrogen and oxygen atoms in total. The lowest BCUT2D eigenvalue weighted by molar-refractivity contribution is -0.116. The predicted molar refractivity (Wildman–Crippen MR) is 126 cm³/mol. The zero-order chi connectivity index (χ0) is 22.3. The van der Waals surface area contributed by atoms with Crippen LogP contribution >= 0.6 is 15.9 Å². The fourth-order valence-corrected chi connectivity index (χ4v) is 4.75. The van der Waals surface area contributed by atoms with Gasteiger partial charge in [-0.1, -0.05) is 12.1 Å². The second kappa shape index (κ2) is 8.54. The van der Waals surface area contributed by atoms with Crippen LogP contribution in [0.25, 0.3) is 0 Å². The van der Waals surface area contributed by atoms with Crippen molar-refractivity contribution in [3.8, 4) is 11.5 Å². The lowest BCUT2D eigenvalue weighted by Gasteiger charge is -2.44. The molecule has 168 valence electrons. The number of ether oxygens (including phenoxy) is 2. The van der Waals surface area contributed by atoms with E-state index in [2.05, 4.69) is 33.0 Å². The van der Waals surface area contributed by atoms with Crippen LogP contribution in [0.4, 0.5) is 5.69 Å². The molecule has 32 heavy (non-hydrogen) atoms. The maximum absolute atomic E-state index is 12.9. The van der Waals surface area contributed by atoms with Gasteiger partial charge in [-0.3, -0.25) is 9.69 Å². The van der Waals surface area contributed by atoms with Gasteiger partial charge >= 0.3 is 0 Å². The maximum atomic E-state index is 12.9. The van der Waals surface area contributed by atoms with Crippen molar-refractivity contribution < 1.29 is 19.4 Å². The first-order valence-electron chi connectivity index (χ1n) is 11.0. The Morgan fingerprint density at radius 1 is 1.16 bits per heavy atom. The van der Waals surface area contributed by atoms with E-state index in [1.165, 1.54) is 18.4 Å². The Morgan fingerprint density at radius 3 is 2.56 bits per heavy atom. The highest BCUT2D eigenvalue weighted by atomic mass is 79.9. The highest BCUT2D eigenvalue weighted by Gasteiger charge is 2.36. The summed E-state index contributed by atoms with van der Waals surface area (Å²) in [6.45, 7) is 4.97. The van der Waals surface area contributed by atoms with Crippen LogP contribution in [0.15, 0.2) is 58.8 Å². The van der Waals surface area contributed by atoms with Gasteiger partial charge < -0.3 is 19.5 Å². The number of benzene rings is 2. The molecule has 0 atom stereocenters. The van der Waals surface area contributed by atoms with E-state index in [4.69, 9.17) is 9.47 Å². The van der Waals surface area contributed by atoms with E-state index in [1.54, 1.807) is 4.90 Å². The largest absolute Gasteiger partial charge is 0.491 e. The number of carbonyl (C=O) groups excluding carboxylic acids is 1. The zero-order valence-corrected chi connectivity index (χ0v) is 19.7. The van der Waals surface area contributed by atoms with Gasteiger partial charge in [0.25, 0.3) is 5.91 Å². The lowest BCUT2D eigenvalue weighted by atomic mass is 9.97. The van der Waals surface area contributed by atoms with Gasteiger partial charge in [-0.2, -0.15) is 0 Å². The van der Waals surface area contributed by atoms with Gasteiger partial charge in [0.1, 0.15) is 18.1 Å². The molecule has 0 aromatic heterocycles. The number of hydrogen-bond donors (Lipinski definition) is 1. The van der Waals surface area contributed by atoms with E-state index in [-0.39, 0.29) is 5.91 Å². The maximum Gasteiger partial charge on any atom is 0.294 e. The Bertz CT molecular complexity index is 1040. The van der Waals surface area contributed by atoms with Crippen molar-refractivity contribution in [2.24, 2.45) is 0 Å². The van der Waals surface area contributed by atoms with Crippen molar-refractivity contribution in [2.75, 3.05) is 37.7 Å². The number of anilines is 1. The summed E-state index contributed by atoms with van der Waals surface area (Å²) in [5.74, 6) is 2.31. The Balaban J connectivity index is 1.15. The van der Waals surface area contributed by atoms with Gasteiger partial charge in [0.2, 0.25) is 0 Å². The number of likely N-dealkylation sites (tertiary alicyclic amines) is 1. The third kappa shape index (κ3) is 4.70. The van der Waals surface area contributed by atoms with Crippen LogP contribution in [-0.2, 0) is 4.79 Å². The second-order valence-corrected chi connectivity index (χ2v) is 9.95. The average Bonchev–Trinajstić information content (AvgIpc) is 3.53. The molecule has 2 heterocycles. The first kappa shape index (κ1) is 21.5. The van der Waals surface area contributed by atoms with Crippen molar-refractivity contribution in [2.45, 2.75) is 31.3 Å². The fourth-order valence-electron chi connectivity index (χ4n) is 4.27. The minimum absolute atomic E-state index is 0.151. The summed E-state index contributed by atoms with van der Waals surface area (Å²) < 4.78 is 12.5. The molecule has 3 aliphatic rings. The summed E-state index contributed by atoms with van der Waals surface area (Å²) >= 11 is 3.56. The summed E-state index contributed by atoms with van der Waals surface area (Å²) in [6, 6.07) is 13.7. The third-order valence-corrected chi connectivity index (χ3v) is 6.71. The molecule has 1 saturated carbocycles. The van der Waals surface area contributed by atoms with Gasteiger partial charge in [0.15, 0.2) is 5.76 Å². The fraction of sp³-hybridized carbons (Fsp3) is 0.400. The van der Waals surface area contributed by atoms with Crippen molar-refractivity contribution in [1.82, 2.24) is 4.90 Å². The van der Waals surface area contributed by atoms with E-state index >= 15 is 0 Å². The number of rotatable bonds is 8. The zero-order valence-electron chi connectivity index (χ0n) is 18.1. The number of aliphatic hydroxyl groups is 1. The van der Waals surface area contributed by atoms with E-state index in [0.29, 0.717) is 43.7 Å². The van der Waals surface area contributed by atoms with Gasteiger partial charge in [0.05, 0.1) is 10.1 Å². The van der Waals surface area contributed by atoms with Crippen LogP contribution < -0.4 is 14.4 Å². The quantitative estimate of drug-likeness (QED) is 0.593. The van der Waals surface area contributed by atoms with Crippen LogP contribution in [0, 0.1) is 0 Å². The highest BCUT2D eigenvalue weighted by molar-refractivity contribution is 9.10. The number of hydrogen-bond acceptors (Lipinski definition) is 5. The summed E-state index contributed by atoms with van der Waals surface area (Å²) in [7, 11) is 0. The third-order valence-electron chi connectivity index (χ3n) is 6.09. The molecule has 2 aromatic carbocycles. The summed E-state index contributed by atoms with van der Waals surface area (Å²) in [5.41, 5.74) is 1.56. The molecule has 2 aromatic rings. The molecule has 1 N–H and O–H groups in total. The monoisotopic (exact) mass is 498 g/mol. The van der Waals surface area contributed by atoms with E-state index in [0.717, 1.165) is 22.5 Å². The number of β-amino-alcohol motifs (C(OH)–C–C–N with tert-alkyl or cyclic N) is 1. The minimum atomic E-state index is -0.568. The Hall–Kier alpha value is -2.35. The van der Waals surface area contributed by atoms with Crippen LogP contribution in [0.5, 0.6) is 11.5 Å². The smallest absolute Gasteiger partial charge is 0.294 e. The minimum Gasteiger partial charge on any atom is -0.491 e. The van der Waals surface area contributed by atoms with Crippen molar-refractivity contribution in [3.63, 3.8) is 0 Å². The molecular weight excluding hydrogens is 472 g/mol. The van der Waals surface area contributed by atoms with Crippen LogP contribution in [0.1, 0.15) is 31.2 Å². The number of nitrogens with zero attached hydrogens (tertiary/aromatic N) is 2. The van der Waals surface area contributed by atoms with E-state index < -0.39 is 5.60 Å². The molecular formula is C25H27BrN2O4. The van der Waals surface area contributed by atoms with E-state index in [1.807, 2.05) is 43.3 Å². The molecule has 7 heteroatoms. The SMILES string of the molecule is CC1(O)CN(CCOc2ccc(N3CC=C(Oc4ccc(C5CC5)cc4)C3=O)cc2Br)C1. The molecule has 1 saturated heterocycles. The second-order valence-electron chi connectivity index (χ2n) is 9.10. The summed E-state index contributed by atoms with van der Waals surface area (Å²) in [4.78, 5) is 16.7. The van der Waals surface area contributed by atoms with Gasteiger partial charge in [0, 0.05) is 31.9 Å². The molecule has 1 amide bonds. The molecule has 0 bridgehead atoms. The van der Waals surface area contributed by atoms with Crippen molar-refractivity contribution in [3.05, 3.63) is 64.3 Å². The van der Waals surface area contributed by atoms with Crippen LogP contribution in [0.3, 0.4) is 0 Å². The molecule has 0 unspecified atom stereocenters. The Morgan fingerprint density at radius 2 is 1.91 bits per heavy atom. The molecule has 0 spiro atoms. The summed E-state index contributed by atoms with van der Waals surface area (Å²) in [5, 5.41) is 9.80. The Kier molecular flexibility index (Phi) is 5.73. The van der Waals surface area contributed by atoms with Gasteiger partial charge in [-0.15, -0.1) is 0 Å². The van der Waals surface area contributed by atoms with Crippen LogP contribution in [0.2, 0.25) is 0 Å². The van der Waals surface area contributed by atoms with E-state index in [9.17, 15) is 9.90 Å². The molecule has 2 aliphatic heterocycles. The number of carbonyl (C=O) groups is 1. The first-order chi connectivity index (χ1) is 15.4. The van der Waals surface area contributed by atoms with Crippen molar-refractivity contribution >= 4 is 27.5 Å². The number of halogens is 1. The summed E-state index contributed by atoms with van der Waals surface area (Å²) in [6.07, 6.45) is 4.34. The lowest BCUT2D eigenvalue weighted by Crippen LogP contribution is -2.60.